The Hall–Kier alpha value is -1.06. The van der Waals surface area contributed by atoms with Gasteiger partial charge in [-0.1, -0.05) is 12.8 Å². The molecule has 1 N–H and O–H groups in total. The molecule has 2 aliphatic carbocycles. The summed E-state index contributed by atoms with van der Waals surface area (Å²) >= 11 is 0. The maximum Gasteiger partial charge on any atom is 0.326 e. The summed E-state index contributed by atoms with van der Waals surface area (Å²) in [4.78, 5) is 25.1. The van der Waals surface area contributed by atoms with Crippen LogP contribution in [0.2, 0.25) is 0 Å². The zero-order valence-electron chi connectivity index (χ0n) is 9.97. The van der Waals surface area contributed by atoms with Gasteiger partial charge in [-0.25, -0.2) is 4.79 Å². The van der Waals surface area contributed by atoms with E-state index >= 15 is 0 Å². The molecule has 1 aliphatic heterocycles. The number of carboxylic acid groups (broad SMARTS) is 1. The molecular formula is C13H19NO3. The number of carbonyl (C=O) groups excluding carboxylic acids is 1. The second-order valence-corrected chi connectivity index (χ2v) is 5.67. The van der Waals surface area contributed by atoms with E-state index in [0.717, 1.165) is 6.42 Å². The number of carbonyl (C=O) groups is 2. The number of fused-ring (bicyclic) bond motifs is 1. The molecule has 94 valence electrons. The molecule has 1 heterocycles. The quantitative estimate of drug-likeness (QED) is 0.791. The number of hydrogen-bond donors (Lipinski definition) is 1. The normalized spacial score (nSPS) is 39.9. The van der Waals surface area contributed by atoms with Gasteiger partial charge in [0.05, 0.1) is 0 Å². The van der Waals surface area contributed by atoms with Gasteiger partial charge in [-0.05, 0) is 37.5 Å². The number of likely N-dealkylation sites (tertiary alicyclic amines) is 1. The van der Waals surface area contributed by atoms with Crippen LogP contribution in [-0.2, 0) is 9.59 Å². The van der Waals surface area contributed by atoms with Crippen LogP contribution >= 0.6 is 0 Å². The number of nitrogens with zero attached hydrogens (tertiary/aromatic N) is 1. The minimum absolute atomic E-state index is 0.131. The molecule has 0 bridgehead atoms. The fraction of sp³-hybridized carbons (Fsp3) is 0.846. The van der Waals surface area contributed by atoms with Crippen LogP contribution < -0.4 is 0 Å². The highest BCUT2D eigenvalue weighted by atomic mass is 16.4. The van der Waals surface area contributed by atoms with E-state index in [1.165, 1.54) is 25.7 Å². The van der Waals surface area contributed by atoms with Gasteiger partial charge in [0.15, 0.2) is 0 Å². The molecule has 4 nitrogen and oxygen atoms in total. The molecule has 0 aromatic heterocycles. The molecule has 0 spiro atoms. The molecule has 17 heavy (non-hydrogen) atoms. The molecule has 0 radical (unpaired) electrons. The largest absolute Gasteiger partial charge is 0.480 e. The predicted molar refractivity (Wildman–Crippen MR) is 61.3 cm³/mol. The van der Waals surface area contributed by atoms with Gasteiger partial charge < -0.3 is 10.0 Å². The van der Waals surface area contributed by atoms with Gasteiger partial charge in [0.25, 0.3) is 0 Å². The Kier molecular flexibility index (Phi) is 2.60. The minimum Gasteiger partial charge on any atom is -0.480 e. The van der Waals surface area contributed by atoms with Crippen LogP contribution in [0.3, 0.4) is 0 Å². The lowest BCUT2D eigenvalue weighted by Crippen LogP contribution is -2.41. The topological polar surface area (TPSA) is 57.6 Å². The van der Waals surface area contributed by atoms with Crippen molar-refractivity contribution in [1.82, 2.24) is 4.90 Å². The summed E-state index contributed by atoms with van der Waals surface area (Å²) < 4.78 is 0. The first-order valence-electron chi connectivity index (χ1n) is 6.73. The number of amides is 1. The third-order valence-corrected chi connectivity index (χ3v) is 4.76. The van der Waals surface area contributed by atoms with Crippen molar-refractivity contribution < 1.29 is 14.7 Å². The molecule has 2 saturated carbocycles. The highest BCUT2D eigenvalue weighted by Gasteiger charge is 2.57. The van der Waals surface area contributed by atoms with E-state index in [1.54, 1.807) is 4.90 Å². The molecular weight excluding hydrogens is 218 g/mol. The van der Waals surface area contributed by atoms with Gasteiger partial charge in [0.1, 0.15) is 6.04 Å². The van der Waals surface area contributed by atoms with Crippen molar-refractivity contribution in [3.8, 4) is 0 Å². The Morgan fingerprint density at radius 3 is 2.24 bits per heavy atom. The monoisotopic (exact) mass is 237 g/mol. The zero-order valence-corrected chi connectivity index (χ0v) is 9.97. The predicted octanol–water partition coefficient (Wildman–Crippen LogP) is 1.50. The van der Waals surface area contributed by atoms with Crippen LogP contribution in [0.15, 0.2) is 0 Å². The van der Waals surface area contributed by atoms with Gasteiger partial charge >= 0.3 is 5.97 Å². The van der Waals surface area contributed by atoms with Crippen LogP contribution in [0, 0.1) is 17.8 Å². The van der Waals surface area contributed by atoms with Crippen molar-refractivity contribution in [2.45, 2.75) is 44.6 Å². The minimum atomic E-state index is -0.834. The van der Waals surface area contributed by atoms with Gasteiger partial charge in [0, 0.05) is 12.5 Å². The first-order chi connectivity index (χ1) is 8.20. The van der Waals surface area contributed by atoms with E-state index in [1.807, 2.05) is 0 Å². The third kappa shape index (κ3) is 1.74. The first-order valence-corrected chi connectivity index (χ1v) is 6.73. The lowest BCUT2D eigenvalue weighted by atomic mass is 10.0. The van der Waals surface area contributed by atoms with Gasteiger partial charge in [0.2, 0.25) is 5.91 Å². The molecule has 3 aliphatic rings. The molecule has 0 aromatic carbocycles. The molecule has 1 amide bonds. The van der Waals surface area contributed by atoms with Crippen LogP contribution in [0.25, 0.3) is 0 Å². The summed E-state index contributed by atoms with van der Waals surface area (Å²) in [5.41, 5.74) is 0. The SMILES string of the molecule is O=C(O)C1CCCN1C(=O)C1C2CCCCC21. The number of hydrogen-bond acceptors (Lipinski definition) is 2. The average molecular weight is 237 g/mol. The lowest BCUT2D eigenvalue weighted by Gasteiger charge is -2.21. The molecule has 4 heteroatoms. The van der Waals surface area contributed by atoms with E-state index in [0.29, 0.717) is 24.8 Å². The van der Waals surface area contributed by atoms with Crippen molar-refractivity contribution in [2.24, 2.45) is 17.8 Å². The van der Waals surface area contributed by atoms with E-state index in [2.05, 4.69) is 0 Å². The van der Waals surface area contributed by atoms with Crippen LogP contribution in [0.5, 0.6) is 0 Å². The molecule has 1 saturated heterocycles. The zero-order chi connectivity index (χ0) is 12.0. The summed E-state index contributed by atoms with van der Waals surface area (Å²) in [5, 5.41) is 9.10. The first kappa shape index (κ1) is 11.1. The number of carboxylic acids is 1. The summed E-state index contributed by atoms with van der Waals surface area (Å²) in [6.07, 6.45) is 6.30. The molecule has 3 atom stereocenters. The summed E-state index contributed by atoms with van der Waals surface area (Å²) in [5.74, 6) is 0.612. The van der Waals surface area contributed by atoms with Crippen molar-refractivity contribution in [3.63, 3.8) is 0 Å². The van der Waals surface area contributed by atoms with E-state index in [4.69, 9.17) is 5.11 Å². The van der Waals surface area contributed by atoms with Gasteiger partial charge in [-0.15, -0.1) is 0 Å². The Bertz CT molecular complexity index is 343. The highest BCUT2D eigenvalue weighted by molar-refractivity contribution is 5.87. The fourth-order valence-electron chi connectivity index (χ4n) is 3.84. The highest BCUT2D eigenvalue weighted by Crippen LogP contribution is 2.56. The maximum absolute atomic E-state index is 12.4. The van der Waals surface area contributed by atoms with Gasteiger partial charge in [-0.2, -0.15) is 0 Å². The lowest BCUT2D eigenvalue weighted by molar-refractivity contribution is -0.149. The average Bonchev–Trinajstić information content (AvgIpc) is 2.83. The Morgan fingerprint density at radius 1 is 1.00 bits per heavy atom. The third-order valence-electron chi connectivity index (χ3n) is 4.76. The van der Waals surface area contributed by atoms with Crippen molar-refractivity contribution in [2.75, 3.05) is 6.54 Å². The van der Waals surface area contributed by atoms with Gasteiger partial charge in [-0.3, -0.25) is 4.79 Å². The van der Waals surface area contributed by atoms with Crippen LogP contribution in [0.4, 0.5) is 0 Å². The Balaban J connectivity index is 1.68. The van der Waals surface area contributed by atoms with Crippen LogP contribution in [-0.4, -0.2) is 34.5 Å². The Labute approximate surface area is 101 Å². The summed E-state index contributed by atoms with van der Waals surface area (Å²) in [6.45, 7) is 0.645. The van der Waals surface area contributed by atoms with Crippen molar-refractivity contribution in [1.29, 1.82) is 0 Å². The van der Waals surface area contributed by atoms with Crippen molar-refractivity contribution in [3.05, 3.63) is 0 Å². The van der Waals surface area contributed by atoms with E-state index < -0.39 is 12.0 Å². The van der Waals surface area contributed by atoms with Crippen molar-refractivity contribution >= 4 is 11.9 Å². The molecule has 3 rings (SSSR count). The standard InChI is InChI=1S/C13H19NO3/c15-12(11-8-4-1-2-5-9(8)11)14-7-3-6-10(14)13(16)17/h8-11H,1-7H2,(H,16,17). The smallest absolute Gasteiger partial charge is 0.326 e. The number of aliphatic carboxylic acids is 1. The van der Waals surface area contributed by atoms with E-state index in [9.17, 15) is 9.59 Å². The summed E-state index contributed by atoms with van der Waals surface area (Å²) in [7, 11) is 0. The molecule has 3 unspecified atom stereocenters. The number of rotatable bonds is 2. The van der Waals surface area contributed by atoms with Crippen LogP contribution in [0.1, 0.15) is 38.5 Å². The maximum atomic E-state index is 12.4. The molecule has 0 aromatic rings. The summed E-state index contributed by atoms with van der Waals surface area (Å²) in [6, 6.07) is -0.551. The second kappa shape index (κ2) is 4.00. The fourth-order valence-corrected chi connectivity index (χ4v) is 3.84. The second-order valence-electron chi connectivity index (χ2n) is 5.67. The molecule has 3 fully saturated rings. The Morgan fingerprint density at radius 2 is 1.65 bits per heavy atom. The van der Waals surface area contributed by atoms with E-state index in [-0.39, 0.29) is 11.8 Å².